The zero-order chi connectivity index (χ0) is 18.4. The molecular formula is C17H22ClF3N2O3S. The zero-order valence-electron chi connectivity index (χ0n) is 14.6. The summed E-state index contributed by atoms with van der Waals surface area (Å²) < 4.78 is 49.7. The summed E-state index contributed by atoms with van der Waals surface area (Å²) in [5.74, 6) is -0.342. The quantitative estimate of drug-likeness (QED) is 0.750. The van der Waals surface area contributed by atoms with E-state index in [1.807, 2.05) is 6.07 Å². The van der Waals surface area contributed by atoms with E-state index in [2.05, 4.69) is 5.32 Å². The van der Waals surface area contributed by atoms with Crippen molar-refractivity contribution in [1.29, 1.82) is 0 Å². The maximum Gasteiger partial charge on any atom is 0.416 e. The molecule has 3 aliphatic rings. The Kier molecular flexibility index (Phi) is 6.08. The Balaban J connectivity index is 0.00000210. The molecule has 5 nitrogen and oxygen atoms in total. The molecule has 4 rings (SSSR count). The van der Waals surface area contributed by atoms with Crippen molar-refractivity contribution in [3.8, 4) is 0 Å². The number of carbonyl (C=O) groups excluding carboxylic acids is 1. The minimum Gasteiger partial charge on any atom is -0.369 e. The van der Waals surface area contributed by atoms with Gasteiger partial charge in [-0.2, -0.15) is 13.2 Å². The molecule has 1 spiro atoms. The maximum atomic E-state index is 12.9. The zero-order valence-corrected chi connectivity index (χ0v) is 16.3. The highest BCUT2D eigenvalue weighted by Crippen LogP contribution is 2.44. The molecular weight excluding hydrogens is 405 g/mol. The Bertz CT molecular complexity index is 691. The van der Waals surface area contributed by atoms with Gasteiger partial charge in [-0.1, -0.05) is 0 Å². The SMILES string of the molecule is Cl.O=C(c1cc2c(s1)C1(CCNCC1)OCC2)N1CCOC(C(F)(F)F)C1. The van der Waals surface area contributed by atoms with Crippen LogP contribution in [0.3, 0.4) is 0 Å². The number of morpholine rings is 1. The number of piperidine rings is 1. The number of nitrogens with zero attached hydrogens (tertiary/aromatic N) is 1. The molecule has 0 aliphatic carbocycles. The molecule has 1 aromatic heterocycles. The van der Waals surface area contributed by atoms with E-state index < -0.39 is 18.8 Å². The molecule has 3 aliphatic heterocycles. The van der Waals surface area contributed by atoms with Gasteiger partial charge in [0.25, 0.3) is 5.91 Å². The molecule has 0 aromatic carbocycles. The monoisotopic (exact) mass is 426 g/mol. The molecule has 0 bridgehead atoms. The minimum absolute atomic E-state index is 0. The van der Waals surface area contributed by atoms with Crippen LogP contribution in [0.15, 0.2) is 6.07 Å². The van der Waals surface area contributed by atoms with Crippen LogP contribution in [0.25, 0.3) is 0 Å². The second-order valence-electron chi connectivity index (χ2n) is 6.96. The lowest BCUT2D eigenvalue weighted by Crippen LogP contribution is -2.51. The molecule has 2 saturated heterocycles. The van der Waals surface area contributed by atoms with Gasteiger partial charge in [-0.05, 0) is 44.0 Å². The van der Waals surface area contributed by atoms with Crippen molar-refractivity contribution >= 4 is 29.7 Å². The highest BCUT2D eigenvalue weighted by Gasteiger charge is 2.45. The predicted octanol–water partition coefficient (Wildman–Crippen LogP) is 2.72. The lowest BCUT2D eigenvalue weighted by molar-refractivity contribution is -0.233. The van der Waals surface area contributed by atoms with Crippen molar-refractivity contribution in [2.45, 2.75) is 37.1 Å². The molecule has 152 valence electrons. The lowest BCUT2D eigenvalue weighted by atomic mass is 9.86. The van der Waals surface area contributed by atoms with Crippen LogP contribution in [-0.4, -0.2) is 62.5 Å². The molecule has 4 heterocycles. The first-order valence-electron chi connectivity index (χ1n) is 8.84. The maximum absolute atomic E-state index is 12.9. The molecule has 2 fully saturated rings. The Morgan fingerprint density at radius 2 is 2.04 bits per heavy atom. The Morgan fingerprint density at radius 1 is 1.30 bits per heavy atom. The minimum atomic E-state index is -4.46. The summed E-state index contributed by atoms with van der Waals surface area (Å²) in [6.07, 6.45) is -3.93. The van der Waals surface area contributed by atoms with E-state index in [0.717, 1.165) is 42.8 Å². The molecule has 1 atom stereocenters. The van der Waals surface area contributed by atoms with E-state index in [1.54, 1.807) is 0 Å². The number of hydrogen-bond donors (Lipinski definition) is 1. The molecule has 1 amide bonds. The van der Waals surface area contributed by atoms with Crippen LogP contribution < -0.4 is 5.32 Å². The molecule has 1 N–H and O–H groups in total. The highest BCUT2D eigenvalue weighted by atomic mass is 35.5. The van der Waals surface area contributed by atoms with Crippen molar-refractivity contribution in [1.82, 2.24) is 10.2 Å². The number of carbonyl (C=O) groups is 1. The van der Waals surface area contributed by atoms with Crippen LogP contribution >= 0.6 is 23.7 Å². The van der Waals surface area contributed by atoms with Gasteiger partial charge in [0.1, 0.15) is 5.60 Å². The number of amides is 1. The summed E-state index contributed by atoms with van der Waals surface area (Å²) in [7, 11) is 0. The second-order valence-corrected chi connectivity index (χ2v) is 8.01. The number of nitrogens with one attached hydrogen (secondary N) is 1. The third-order valence-electron chi connectivity index (χ3n) is 5.31. The average molecular weight is 427 g/mol. The first-order chi connectivity index (χ1) is 12.4. The van der Waals surface area contributed by atoms with E-state index in [1.165, 1.54) is 16.2 Å². The molecule has 1 aromatic rings. The summed E-state index contributed by atoms with van der Waals surface area (Å²) in [4.78, 5) is 15.7. The van der Waals surface area contributed by atoms with Crippen molar-refractivity contribution in [2.24, 2.45) is 0 Å². The average Bonchev–Trinajstić information content (AvgIpc) is 3.07. The van der Waals surface area contributed by atoms with Crippen molar-refractivity contribution in [3.63, 3.8) is 0 Å². The van der Waals surface area contributed by atoms with Gasteiger partial charge in [0.05, 0.1) is 24.6 Å². The highest BCUT2D eigenvalue weighted by molar-refractivity contribution is 7.14. The fourth-order valence-corrected chi connectivity index (χ4v) is 5.30. The smallest absolute Gasteiger partial charge is 0.369 e. The number of alkyl halides is 3. The fourth-order valence-electron chi connectivity index (χ4n) is 3.92. The van der Waals surface area contributed by atoms with E-state index in [4.69, 9.17) is 9.47 Å². The largest absolute Gasteiger partial charge is 0.416 e. The van der Waals surface area contributed by atoms with E-state index in [9.17, 15) is 18.0 Å². The molecule has 0 saturated carbocycles. The number of rotatable bonds is 1. The van der Waals surface area contributed by atoms with Crippen LogP contribution in [0.2, 0.25) is 0 Å². The third kappa shape index (κ3) is 3.98. The van der Waals surface area contributed by atoms with Crippen LogP contribution in [0.4, 0.5) is 13.2 Å². The van der Waals surface area contributed by atoms with Gasteiger partial charge >= 0.3 is 6.18 Å². The standard InChI is InChI=1S/C17H21F3N2O3S.ClH/c18-17(19,20)13-10-22(6-8-24-13)15(23)12-9-11-1-7-25-16(14(11)26-12)2-4-21-5-3-16;/h9,13,21H,1-8,10H2;1H. The van der Waals surface area contributed by atoms with Crippen molar-refractivity contribution in [2.75, 3.05) is 39.4 Å². The van der Waals surface area contributed by atoms with Gasteiger partial charge < -0.3 is 19.7 Å². The number of halogens is 4. The van der Waals surface area contributed by atoms with Crippen molar-refractivity contribution in [3.05, 3.63) is 21.4 Å². The summed E-state index contributed by atoms with van der Waals surface area (Å²) in [5, 5.41) is 3.32. The molecule has 0 radical (unpaired) electrons. The van der Waals surface area contributed by atoms with Gasteiger partial charge in [-0.25, -0.2) is 0 Å². The van der Waals surface area contributed by atoms with E-state index in [0.29, 0.717) is 11.5 Å². The van der Waals surface area contributed by atoms with Crippen LogP contribution in [0.1, 0.15) is 33.0 Å². The third-order valence-corrected chi connectivity index (χ3v) is 6.66. The topological polar surface area (TPSA) is 50.8 Å². The van der Waals surface area contributed by atoms with Gasteiger partial charge in [0, 0.05) is 11.4 Å². The van der Waals surface area contributed by atoms with Gasteiger partial charge in [0.15, 0.2) is 6.10 Å². The fraction of sp³-hybridized carbons (Fsp3) is 0.706. The molecule has 27 heavy (non-hydrogen) atoms. The van der Waals surface area contributed by atoms with E-state index in [-0.39, 0.29) is 37.1 Å². The molecule has 1 unspecified atom stereocenters. The normalized spacial score (nSPS) is 25.0. The Labute approximate surface area is 165 Å². The van der Waals surface area contributed by atoms with Crippen LogP contribution in [-0.2, 0) is 21.5 Å². The van der Waals surface area contributed by atoms with Crippen LogP contribution in [0, 0.1) is 0 Å². The number of hydrogen-bond acceptors (Lipinski definition) is 5. The number of thiophene rings is 1. The van der Waals surface area contributed by atoms with Gasteiger partial charge in [0.2, 0.25) is 0 Å². The lowest BCUT2D eigenvalue weighted by Gasteiger charge is -2.40. The van der Waals surface area contributed by atoms with Crippen molar-refractivity contribution < 1.29 is 27.4 Å². The van der Waals surface area contributed by atoms with Gasteiger partial charge in [-0.15, -0.1) is 23.7 Å². The van der Waals surface area contributed by atoms with Gasteiger partial charge in [-0.3, -0.25) is 4.79 Å². The summed E-state index contributed by atoms with van der Waals surface area (Å²) in [6, 6.07) is 1.85. The Hall–Kier alpha value is -0.870. The summed E-state index contributed by atoms with van der Waals surface area (Å²) >= 11 is 1.39. The first-order valence-corrected chi connectivity index (χ1v) is 9.66. The first kappa shape index (κ1) is 20.9. The number of ether oxygens (including phenoxy) is 2. The number of fused-ring (bicyclic) bond motifs is 2. The van der Waals surface area contributed by atoms with E-state index >= 15 is 0 Å². The summed E-state index contributed by atoms with van der Waals surface area (Å²) in [6.45, 7) is 1.97. The summed E-state index contributed by atoms with van der Waals surface area (Å²) in [5.41, 5.74) is 0.758. The van der Waals surface area contributed by atoms with Crippen LogP contribution in [0.5, 0.6) is 0 Å². The second kappa shape index (κ2) is 7.87. The Morgan fingerprint density at radius 3 is 2.74 bits per heavy atom. The molecule has 10 heteroatoms. The predicted molar refractivity (Wildman–Crippen MR) is 96.7 cm³/mol.